The predicted octanol–water partition coefficient (Wildman–Crippen LogP) is 2.86. The van der Waals surface area contributed by atoms with Crippen LogP contribution in [0.3, 0.4) is 0 Å². The number of nitrogens with two attached hydrogens (primary N) is 1. The fourth-order valence-electron chi connectivity index (χ4n) is 2.02. The molecule has 1 rings (SSSR count). The van der Waals surface area contributed by atoms with Gasteiger partial charge in [-0.1, -0.05) is 18.6 Å². The van der Waals surface area contributed by atoms with Crippen molar-refractivity contribution < 1.29 is 0 Å². The minimum atomic E-state index is 0.0192. The molecule has 0 aromatic carbocycles. The molecule has 1 aliphatic carbocycles. The van der Waals surface area contributed by atoms with E-state index in [9.17, 15) is 0 Å². The molecule has 1 nitrogen and oxygen atoms in total. The zero-order valence-electron chi connectivity index (χ0n) is 8.56. The van der Waals surface area contributed by atoms with Gasteiger partial charge >= 0.3 is 0 Å². The Balaban J connectivity index is 2.56. The van der Waals surface area contributed by atoms with E-state index < -0.39 is 0 Å². The zero-order valence-corrected chi connectivity index (χ0v) is 8.56. The highest BCUT2D eigenvalue weighted by Gasteiger charge is 2.27. The first kappa shape index (κ1) is 9.79. The van der Waals surface area contributed by atoms with Gasteiger partial charge in [0.1, 0.15) is 0 Å². The minimum absolute atomic E-state index is 0.0192. The van der Waals surface area contributed by atoms with Crippen LogP contribution >= 0.6 is 0 Å². The van der Waals surface area contributed by atoms with Gasteiger partial charge in [-0.15, -0.1) is 0 Å². The van der Waals surface area contributed by atoms with Crippen LogP contribution in [0, 0.1) is 5.92 Å². The lowest BCUT2D eigenvalue weighted by Gasteiger charge is -2.34. The average Bonchev–Trinajstić information content (AvgIpc) is 1.94. The third-order valence-electron chi connectivity index (χ3n) is 2.78. The first-order chi connectivity index (χ1) is 5.52. The Morgan fingerprint density at radius 2 is 1.83 bits per heavy atom. The fraction of sp³-hybridized carbons (Fsp3) is 0.818. The normalized spacial score (nSPS) is 36.2. The quantitative estimate of drug-likeness (QED) is 0.597. The van der Waals surface area contributed by atoms with E-state index in [-0.39, 0.29) is 5.54 Å². The van der Waals surface area contributed by atoms with E-state index in [1.807, 2.05) is 0 Å². The van der Waals surface area contributed by atoms with Gasteiger partial charge in [0, 0.05) is 5.54 Å². The maximum atomic E-state index is 6.25. The number of rotatable bonds is 1. The molecule has 0 spiro atoms. The van der Waals surface area contributed by atoms with Gasteiger partial charge in [-0.05, 0) is 45.4 Å². The van der Waals surface area contributed by atoms with E-state index in [0.717, 1.165) is 5.92 Å². The third-order valence-corrected chi connectivity index (χ3v) is 2.78. The molecule has 1 heteroatoms. The van der Waals surface area contributed by atoms with Gasteiger partial charge < -0.3 is 5.73 Å². The van der Waals surface area contributed by atoms with Crippen LogP contribution in [0.1, 0.15) is 46.5 Å². The summed E-state index contributed by atoms with van der Waals surface area (Å²) < 4.78 is 0. The highest BCUT2D eigenvalue weighted by Crippen LogP contribution is 2.31. The highest BCUT2D eigenvalue weighted by atomic mass is 14.7. The summed E-state index contributed by atoms with van der Waals surface area (Å²) in [6.07, 6.45) is 7.16. The predicted molar refractivity (Wildman–Crippen MR) is 54.0 cm³/mol. The summed E-state index contributed by atoms with van der Waals surface area (Å²) in [5.74, 6) is 0.882. The second-order valence-electron chi connectivity index (χ2n) is 4.64. The van der Waals surface area contributed by atoms with Crippen LogP contribution in [0.25, 0.3) is 0 Å². The summed E-state index contributed by atoms with van der Waals surface area (Å²) in [4.78, 5) is 0. The van der Waals surface area contributed by atoms with E-state index in [0.29, 0.717) is 0 Å². The topological polar surface area (TPSA) is 26.0 Å². The van der Waals surface area contributed by atoms with Crippen LogP contribution in [-0.4, -0.2) is 5.54 Å². The summed E-state index contributed by atoms with van der Waals surface area (Å²) >= 11 is 0. The van der Waals surface area contributed by atoms with E-state index >= 15 is 0 Å². The Hall–Kier alpha value is -0.300. The van der Waals surface area contributed by atoms with Crippen LogP contribution in [0.15, 0.2) is 11.6 Å². The van der Waals surface area contributed by atoms with Crippen LogP contribution in [0.4, 0.5) is 0 Å². The van der Waals surface area contributed by atoms with Crippen LogP contribution < -0.4 is 5.73 Å². The second-order valence-corrected chi connectivity index (χ2v) is 4.64. The number of hydrogen-bond donors (Lipinski definition) is 1. The van der Waals surface area contributed by atoms with Crippen LogP contribution in [0.2, 0.25) is 0 Å². The van der Waals surface area contributed by atoms with Crippen LogP contribution in [-0.2, 0) is 0 Å². The first-order valence-electron chi connectivity index (χ1n) is 4.97. The Kier molecular flexibility index (Phi) is 2.94. The molecule has 0 aromatic heterocycles. The lowest BCUT2D eigenvalue weighted by molar-refractivity contribution is 0.290. The maximum absolute atomic E-state index is 6.25. The SMILES string of the molecule is CC(C)=CC1(N)CCC(C)CC1. The molecule has 0 aliphatic heterocycles. The van der Waals surface area contributed by atoms with Crippen molar-refractivity contribution in [3.8, 4) is 0 Å². The molecule has 0 radical (unpaired) electrons. The van der Waals surface area contributed by atoms with Crippen LogP contribution in [0.5, 0.6) is 0 Å². The molecule has 1 aliphatic rings. The van der Waals surface area contributed by atoms with Gasteiger partial charge in [-0.25, -0.2) is 0 Å². The molecule has 0 amide bonds. The van der Waals surface area contributed by atoms with E-state index in [1.165, 1.54) is 31.3 Å². The van der Waals surface area contributed by atoms with Crippen molar-refractivity contribution in [2.75, 3.05) is 0 Å². The summed E-state index contributed by atoms with van der Waals surface area (Å²) in [5, 5.41) is 0. The molecule has 1 saturated carbocycles. The van der Waals surface area contributed by atoms with Gasteiger partial charge in [0.25, 0.3) is 0 Å². The number of hydrogen-bond acceptors (Lipinski definition) is 1. The molecule has 0 atom stereocenters. The number of allylic oxidation sites excluding steroid dienone is 1. The molecular formula is C11H21N. The van der Waals surface area contributed by atoms with Crippen molar-refractivity contribution in [2.24, 2.45) is 11.7 Å². The molecule has 70 valence electrons. The molecule has 0 unspecified atom stereocenters. The van der Waals surface area contributed by atoms with Crippen molar-refractivity contribution >= 4 is 0 Å². The van der Waals surface area contributed by atoms with E-state index in [1.54, 1.807) is 0 Å². The van der Waals surface area contributed by atoms with Gasteiger partial charge in [0.2, 0.25) is 0 Å². The Bertz CT molecular complexity index is 169. The fourth-order valence-corrected chi connectivity index (χ4v) is 2.02. The van der Waals surface area contributed by atoms with Crippen molar-refractivity contribution in [2.45, 2.75) is 52.0 Å². The highest BCUT2D eigenvalue weighted by molar-refractivity contribution is 5.11. The second kappa shape index (κ2) is 3.61. The smallest absolute Gasteiger partial charge is 0.0341 e. The molecule has 0 heterocycles. The third kappa shape index (κ3) is 2.63. The lowest BCUT2D eigenvalue weighted by atomic mass is 9.77. The molecule has 2 N–H and O–H groups in total. The van der Waals surface area contributed by atoms with Crippen molar-refractivity contribution in [1.82, 2.24) is 0 Å². The Morgan fingerprint density at radius 1 is 1.33 bits per heavy atom. The first-order valence-corrected chi connectivity index (χ1v) is 4.97. The van der Waals surface area contributed by atoms with Gasteiger partial charge in [-0.2, -0.15) is 0 Å². The standard InChI is InChI=1S/C11H21N/c1-9(2)8-11(12)6-4-10(3)5-7-11/h8,10H,4-7,12H2,1-3H3. The molecule has 12 heavy (non-hydrogen) atoms. The average molecular weight is 167 g/mol. The molecular weight excluding hydrogens is 146 g/mol. The van der Waals surface area contributed by atoms with Gasteiger partial charge in [0.15, 0.2) is 0 Å². The van der Waals surface area contributed by atoms with Crippen molar-refractivity contribution in [3.05, 3.63) is 11.6 Å². The minimum Gasteiger partial charge on any atom is -0.322 e. The van der Waals surface area contributed by atoms with E-state index in [4.69, 9.17) is 5.73 Å². The van der Waals surface area contributed by atoms with E-state index in [2.05, 4.69) is 26.8 Å². The zero-order chi connectivity index (χ0) is 9.19. The van der Waals surface area contributed by atoms with Crippen molar-refractivity contribution in [3.63, 3.8) is 0 Å². The molecule has 0 bridgehead atoms. The van der Waals surface area contributed by atoms with Gasteiger partial charge in [-0.3, -0.25) is 0 Å². The molecule has 1 fully saturated rings. The monoisotopic (exact) mass is 167 g/mol. The largest absolute Gasteiger partial charge is 0.322 e. The lowest BCUT2D eigenvalue weighted by Crippen LogP contribution is -2.41. The Labute approximate surface area is 76.0 Å². The van der Waals surface area contributed by atoms with Crippen molar-refractivity contribution in [1.29, 1.82) is 0 Å². The summed E-state index contributed by atoms with van der Waals surface area (Å²) in [6, 6.07) is 0. The maximum Gasteiger partial charge on any atom is 0.0341 e. The summed E-state index contributed by atoms with van der Waals surface area (Å²) in [7, 11) is 0. The summed E-state index contributed by atoms with van der Waals surface area (Å²) in [5.41, 5.74) is 7.62. The van der Waals surface area contributed by atoms with Gasteiger partial charge in [0.05, 0.1) is 0 Å². The molecule has 0 aromatic rings. The summed E-state index contributed by atoms with van der Waals surface area (Å²) in [6.45, 7) is 6.58. The molecule has 0 saturated heterocycles. The Morgan fingerprint density at radius 3 is 2.25 bits per heavy atom.